The Bertz CT molecular complexity index is 842. The van der Waals surface area contributed by atoms with Crippen LogP contribution in [0.3, 0.4) is 0 Å². The van der Waals surface area contributed by atoms with Gasteiger partial charge in [0, 0.05) is 6.04 Å². The number of anilines is 1. The summed E-state index contributed by atoms with van der Waals surface area (Å²) >= 11 is 6.28. The van der Waals surface area contributed by atoms with E-state index in [1.54, 1.807) is 6.33 Å². The highest BCUT2D eigenvalue weighted by Crippen LogP contribution is 2.36. The van der Waals surface area contributed by atoms with Crippen molar-refractivity contribution in [2.45, 2.75) is 32.7 Å². The molecule has 0 amide bonds. The number of hydrogen-bond acceptors (Lipinski definition) is 5. The Balaban J connectivity index is 0.00000132. The maximum Gasteiger partial charge on any atom is 0.229 e. The molecule has 1 fully saturated rings. The van der Waals surface area contributed by atoms with E-state index in [9.17, 15) is 0 Å². The molecule has 3 aromatic heterocycles. The van der Waals surface area contributed by atoms with Crippen molar-refractivity contribution in [3.8, 4) is 0 Å². The molecule has 7 heteroatoms. The molecule has 0 atom stereocenters. The average Bonchev–Trinajstić information content (AvgIpc) is 3.16. The zero-order valence-electron chi connectivity index (χ0n) is 11.6. The molecular weight excluding hydrogens is 311 g/mol. The molecule has 0 aliphatic heterocycles. The molecule has 1 aliphatic rings. The lowest BCUT2D eigenvalue weighted by atomic mass is 10.1. The summed E-state index contributed by atoms with van der Waals surface area (Å²) in [6.45, 7) is 3.83. The SMILES string of the molecule is Cc1nc2oc3c(NC4CC4)ncnc3c2c(C)c1Cl.Cl. The van der Waals surface area contributed by atoms with Gasteiger partial charge in [-0.3, -0.25) is 0 Å². The molecule has 4 rings (SSSR count). The van der Waals surface area contributed by atoms with E-state index in [2.05, 4.69) is 20.3 Å². The normalized spacial score (nSPS) is 14.4. The first-order chi connectivity index (χ1) is 9.65. The number of aromatic nitrogens is 3. The number of hydrogen-bond donors (Lipinski definition) is 1. The lowest BCUT2D eigenvalue weighted by Gasteiger charge is -2.02. The highest BCUT2D eigenvalue weighted by Gasteiger charge is 2.25. The zero-order valence-corrected chi connectivity index (χ0v) is 13.2. The minimum atomic E-state index is 0. The molecule has 5 nitrogen and oxygen atoms in total. The van der Waals surface area contributed by atoms with Gasteiger partial charge in [-0.25, -0.2) is 15.0 Å². The van der Waals surface area contributed by atoms with Gasteiger partial charge in [0.2, 0.25) is 5.71 Å². The van der Waals surface area contributed by atoms with Crippen LogP contribution in [-0.2, 0) is 0 Å². The second kappa shape index (κ2) is 5.00. The Morgan fingerprint density at radius 1 is 1.29 bits per heavy atom. The van der Waals surface area contributed by atoms with Crippen molar-refractivity contribution in [1.82, 2.24) is 15.0 Å². The van der Waals surface area contributed by atoms with Crippen LogP contribution < -0.4 is 5.32 Å². The monoisotopic (exact) mass is 324 g/mol. The molecule has 3 heterocycles. The minimum Gasteiger partial charge on any atom is -0.432 e. The van der Waals surface area contributed by atoms with Crippen LogP contribution >= 0.6 is 24.0 Å². The van der Waals surface area contributed by atoms with Gasteiger partial charge in [-0.2, -0.15) is 0 Å². The van der Waals surface area contributed by atoms with E-state index >= 15 is 0 Å². The molecule has 0 spiro atoms. The van der Waals surface area contributed by atoms with Crippen LogP contribution in [0, 0.1) is 13.8 Å². The predicted molar refractivity (Wildman–Crippen MR) is 85.5 cm³/mol. The van der Waals surface area contributed by atoms with E-state index in [1.807, 2.05) is 13.8 Å². The highest BCUT2D eigenvalue weighted by atomic mass is 35.5. The maximum atomic E-state index is 6.28. The number of pyridine rings is 1. The van der Waals surface area contributed by atoms with Gasteiger partial charge >= 0.3 is 0 Å². The number of nitrogens with one attached hydrogen (secondary N) is 1. The molecule has 0 bridgehead atoms. The Labute approximate surface area is 132 Å². The van der Waals surface area contributed by atoms with Crippen LogP contribution in [0.5, 0.6) is 0 Å². The van der Waals surface area contributed by atoms with Crippen molar-refractivity contribution in [3.05, 3.63) is 22.6 Å². The van der Waals surface area contributed by atoms with Crippen molar-refractivity contribution < 1.29 is 4.42 Å². The second-order valence-electron chi connectivity index (χ2n) is 5.24. The van der Waals surface area contributed by atoms with Crippen molar-refractivity contribution in [3.63, 3.8) is 0 Å². The van der Waals surface area contributed by atoms with Gasteiger partial charge in [-0.05, 0) is 32.3 Å². The summed E-state index contributed by atoms with van der Waals surface area (Å²) in [6.07, 6.45) is 3.90. The van der Waals surface area contributed by atoms with E-state index in [1.165, 1.54) is 12.8 Å². The first kappa shape index (κ1) is 14.4. The third-order valence-corrected chi connectivity index (χ3v) is 4.22. The summed E-state index contributed by atoms with van der Waals surface area (Å²) in [5.41, 5.74) is 3.71. The van der Waals surface area contributed by atoms with Crippen molar-refractivity contribution >= 4 is 52.0 Å². The minimum absolute atomic E-state index is 0. The molecule has 0 saturated heterocycles. The van der Waals surface area contributed by atoms with Crippen molar-refractivity contribution in [1.29, 1.82) is 0 Å². The fraction of sp³-hybridized carbons (Fsp3) is 0.357. The molecule has 0 aromatic carbocycles. The Morgan fingerprint density at radius 2 is 2.05 bits per heavy atom. The first-order valence-corrected chi connectivity index (χ1v) is 6.99. The summed E-state index contributed by atoms with van der Waals surface area (Å²) in [7, 11) is 0. The average molecular weight is 325 g/mol. The Morgan fingerprint density at radius 3 is 2.76 bits per heavy atom. The zero-order chi connectivity index (χ0) is 13.9. The number of furan rings is 1. The number of fused-ring (bicyclic) bond motifs is 3. The highest BCUT2D eigenvalue weighted by molar-refractivity contribution is 6.33. The molecule has 0 unspecified atom stereocenters. The van der Waals surface area contributed by atoms with E-state index in [0.717, 1.165) is 28.0 Å². The predicted octanol–water partition coefficient (Wildman–Crippen LogP) is 4.04. The van der Waals surface area contributed by atoms with Crippen LogP contribution in [0.15, 0.2) is 10.7 Å². The number of rotatable bonds is 2. The smallest absolute Gasteiger partial charge is 0.229 e. The maximum absolute atomic E-state index is 6.28. The summed E-state index contributed by atoms with van der Waals surface area (Å²) in [5, 5.41) is 4.90. The van der Waals surface area contributed by atoms with Gasteiger partial charge < -0.3 is 9.73 Å². The van der Waals surface area contributed by atoms with Crippen LogP contribution in [0.4, 0.5) is 5.82 Å². The fourth-order valence-corrected chi connectivity index (χ4v) is 2.56. The Hall–Kier alpha value is -1.59. The second-order valence-corrected chi connectivity index (χ2v) is 5.61. The quantitative estimate of drug-likeness (QED) is 0.770. The van der Waals surface area contributed by atoms with Crippen LogP contribution in [0.25, 0.3) is 22.2 Å². The molecule has 21 heavy (non-hydrogen) atoms. The summed E-state index contributed by atoms with van der Waals surface area (Å²) in [5.74, 6) is 0.740. The van der Waals surface area contributed by atoms with Crippen LogP contribution in [-0.4, -0.2) is 21.0 Å². The molecule has 0 radical (unpaired) electrons. The third kappa shape index (κ3) is 2.21. The number of halogens is 2. The fourth-order valence-electron chi connectivity index (χ4n) is 2.42. The van der Waals surface area contributed by atoms with Gasteiger partial charge in [0.25, 0.3) is 0 Å². The van der Waals surface area contributed by atoms with Gasteiger partial charge in [0.15, 0.2) is 11.4 Å². The number of nitrogens with zero attached hydrogens (tertiary/aromatic N) is 3. The van der Waals surface area contributed by atoms with Crippen LogP contribution in [0.1, 0.15) is 24.1 Å². The molecular formula is C14H14Cl2N4O. The largest absolute Gasteiger partial charge is 0.432 e. The Kier molecular flexibility index (Phi) is 3.42. The molecule has 1 saturated carbocycles. The molecule has 1 N–H and O–H groups in total. The van der Waals surface area contributed by atoms with Gasteiger partial charge in [0.05, 0.1) is 16.1 Å². The van der Waals surface area contributed by atoms with E-state index < -0.39 is 0 Å². The lowest BCUT2D eigenvalue weighted by molar-refractivity contribution is 0.650. The standard InChI is InChI=1S/C14H13ClN4O.ClH/c1-6-9-11-12(20-14(9)18-7(2)10(6)15)13(17-5-16-11)19-8-3-4-8;/h5,8H,3-4H2,1-2H3,(H,16,17,19);1H. The first-order valence-electron chi connectivity index (χ1n) is 6.61. The topological polar surface area (TPSA) is 63.8 Å². The lowest BCUT2D eigenvalue weighted by Crippen LogP contribution is -2.03. The van der Waals surface area contributed by atoms with Crippen molar-refractivity contribution in [2.24, 2.45) is 0 Å². The van der Waals surface area contributed by atoms with Gasteiger partial charge in [0.1, 0.15) is 11.8 Å². The van der Waals surface area contributed by atoms with Crippen molar-refractivity contribution in [2.75, 3.05) is 5.32 Å². The van der Waals surface area contributed by atoms with E-state index in [0.29, 0.717) is 22.4 Å². The summed E-state index contributed by atoms with van der Waals surface area (Å²) in [4.78, 5) is 13.0. The summed E-state index contributed by atoms with van der Waals surface area (Å²) in [6, 6.07) is 0.501. The summed E-state index contributed by atoms with van der Waals surface area (Å²) < 4.78 is 5.87. The number of aryl methyl sites for hydroxylation is 2. The molecule has 110 valence electrons. The van der Waals surface area contributed by atoms with E-state index in [-0.39, 0.29) is 12.4 Å². The molecule has 3 aromatic rings. The van der Waals surface area contributed by atoms with E-state index in [4.69, 9.17) is 16.0 Å². The molecule has 1 aliphatic carbocycles. The van der Waals surface area contributed by atoms with Crippen LogP contribution in [0.2, 0.25) is 5.02 Å². The van der Waals surface area contributed by atoms with Gasteiger partial charge in [-0.1, -0.05) is 11.6 Å². The van der Waals surface area contributed by atoms with Gasteiger partial charge in [-0.15, -0.1) is 12.4 Å². The third-order valence-electron chi connectivity index (χ3n) is 3.66.